The van der Waals surface area contributed by atoms with Gasteiger partial charge in [-0.15, -0.1) is 0 Å². The van der Waals surface area contributed by atoms with Gasteiger partial charge in [0.2, 0.25) is 0 Å². The van der Waals surface area contributed by atoms with Crippen molar-refractivity contribution in [2.75, 3.05) is 42.9 Å². The largest absolute Gasteiger partial charge is 0.385 e. The molecule has 2 heterocycles. The number of hydrogen-bond donors (Lipinski definition) is 3. The summed E-state index contributed by atoms with van der Waals surface area (Å²) in [5.74, 6) is 0.0362. The van der Waals surface area contributed by atoms with Gasteiger partial charge in [0.25, 0.3) is 5.91 Å². The molecule has 0 bridgehead atoms. The summed E-state index contributed by atoms with van der Waals surface area (Å²) in [6.07, 6.45) is 3.89. The lowest BCUT2D eigenvalue weighted by atomic mass is 9.84. The molecule has 2 aromatic carbocycles. The molecule has 2 aromatic rings. The predicted octanol–water partition coefficient (Wildman–Crippen LogP) is 1.79. The number of hydrogen-bond acceptors (Lipinski definition) is 3. The van der Waals surface area contributed by atoms with Gasteiger partial charge in [0.15, 0.2) is 6.54 Å². The highest BCUT2D eigenvalue weighted by Crippen LogP contribution is 2.29. The van der Waals surface area contributed by atoms with Gasteiger partial charge in [-0.3, -0.25) is 4.79 Å². The topological polar surface area (TPSA) is 57.0 Å². The second-order valence-corrected chi connectivity index (χ2v) is 8.11. The molecule has 3 N–H and O–H groups in total. The zero-order valence-electron chi connectivity index (χ0n) is 16.4. The van der Waals surface area contributed by atoms with Crippen molar-refractivity contribution in [2.45, 2.75) is 31.3 Å². The van der Waals surface area contributed by atoms with Crippen LogP contribution < -0.4 is 15.1 Å². The third-order valence-corrected chi connectivity index (χ3v) is 6.13. The average Bonchev–Trinajstić information content (AvgIpc) is 3.26. The Morgan fingerprint density at radius 3 is 2.29 bits per heavy atom. The summed E-state index contributed by atoms with van der Waals surface area (Å²) in [5, 5.41) is 13.9. The van der Waals surface area contributed by atoms with E-state index in [1.165, 1.54) is 23.4 Å². The quantitative estimate of drug-likeness (QED) is 0.741. The third kappa shape index (κ3) is 4.37. The SMILES string of the molecule is O=C(C[NH+]1CCC(O)(c2ccccc2)CC1)Nc1ccc(N2CCCC2)cc1. The molecule has 0 aromatic heterocycles. The number of nitrogens with one attached hydrogen (secondary N) is 2. The molecule has 148 valence electrons. The Morgan fingerprint density at radius 2 is 1.64 bits per heavy atom. The Kier molecular flexibility index (Phi) is 5.64. The number of benzene rings is 2. The van der Waals surface area contributed by atoms with Crippen LogP contribution in [0.15, 0.2) is 54.6 Å². The van der Waals surface area contributed by atoms with Crippen LogP contribution in [0.25, 0.3) is 0 Å². The maximum Gasteiger partial charge on any atom is 0.279 e. The molecule has 5 nitrogen and oxygen atoms in total. The number of amides is 1. The molecule has 2 aliphatic rings. The van der Waals surface area contributed by atoms with Crippen LogP contribution in [0.2, 0.25) is 0 Å². The molecule has 4 rings (SSSR count). The van der Waals surface area contributed by atoms with Crippen molar-refractivity contribution >= 4 is 17.3 Å². The Labute approximate surface area is 167 Å². The molecular formula is C23H30N3O2+. The van der Waals surface area contributed by atoms with Crippen molar-refractivity contribution < 1.29 is 14.8 Å². The molecule has 0 spiro atoms. The Morgan fingerprint density at radius 1 is 1.00 bits per heavy atom. The van der Waals surface area contributed by atoms with E-state index in [0.29, 0.717) is 19.4 Å². The van der Waals surface area contributed by atoms with E-state index in [1.807, 2.05) is 42.5 Å². The minimum absolute atomic E-state index is 0.0362. The van der Waals surface area contributed by atoms with Crippen LogP contribution in [-0.2, 0) is 10.4 Å². The van der Waals surface area contributed by atoms with Crippen molar-refractivity contribution in [2.24, 2.45) is 0 Å². The van der Waals surface area contributed by atoms with E-state index in [4.69, 9.17) is 0 Å². The average molecular weight is 381 g/mol. The zero-order valence-corrected chi connectivity index (χ0v) is 16.4. The smallest absolute Gasteiger partial charge is 0.279 e. The van der Waals surface area contributed by atoms with Gasteiger partial charge >= 0.3 is 0 Å². The third-order valence-electron chi connectivity index (χ3n) is 6.13. The van der Waals surface area contributed by atoms with Gasteiger partial charge in [-0.2, -0.15) is 0 Å². The number of piperidine rings is 1. The summed E-state index contributed by atoms with van der Waals surface area (Å²) >= 11 is 0. The van der Waals surface area contributed by atoms with E-state index < -0.39 is 5.60 Å². The molecule has 2 saturated heterocycles. The van der Waals surface area contributed by atoms with Gasteiger partial charge < -0.3 is 20.2 Å². The van der Waals surface area contributed by atoms with Crippen LogP contribution in [0, 0.1) is 0 Å². The first-order chi connectivity index (χ1) is 13.6. The molecule has 2 aliphatic heterocycles. The zero-order chi connectivity index (χ0) is 19.4. The molecule has 0 radical (unpaired) electrons. The summed E-state index contributed by atoms with van der Waals surface area (Å²) in [6, 6.07) is 18.0. The van der Waals surface area contributed by atoms with Crippen molar-refractivity contribution in [3.8, 4) is 0 Å². The van der Waals surface area contributed by atoms with Crippen molar-refractivity contribution in [3.05, 3.63) is 60.2 Å². The molecule has 0 unspecified atom stereocenters. The Bertz CT molecular complexity index is 777. The summed E-state index contributed by atoms with van der Waals surface area (Å²) in [4.78, 5) is 16.1. The Balaban J connectivity index is 1.27. The van der Waals surface area contributed by atoms with Gasteiger partial charge in [-0.05, 0) is 42.7 Å². The number of rotatable bonds is 5. The van der Waals surface area contributed by atoms with Crippen LogP contribution >= 0.6 is 0 Å². The fourth-order valence-electron chi connectivity index (χ4n) is 4.39. The summed E-state index contributed by atoms with van der Waals surface area (Å²) in [6.45, 7) is 4.29. The van der Waals surface area contributed by atoms with E-state index in [1.54, 1.807) is 0 Å². The van der Waals surface area contributed by atoms with E-state index in [0.717, 1.165) is 37.4 Å². The lowest BCUT2D eigenvalue weighted by molar-refractivity contribution is -0.899. The molecular weight excluding hydrogens is 350 g/mol. The first-order valence-corrected chi connectivity index (χ1v) is 10.4. The summed E-state index contributed by atoms with van der Waals surface area (Å²) in [7, 11) is 0. The van der Waals surface area contributed by atoms with Crippen LogP contribution in [-0.4, -0.2) is 43.7 Å². The minimum atomic E-state index is -0.757. The highest BCUT2D eigenvalue weighted by atomic mass is 16.3. The number of quaternary nitrogens is 1. The molecule has 0 aliphatic carbocycles. The molecule has 0 atom stereocenters. The molecule has 28 heavy (non-hydrogen) atoms. The van der Waals surface area contributed by atoms with Gasteiger partial charge in [-0.25, -0.2) is 0 Å². The number of carbonyl (C=O) groups is 1. The number of carbonyl (C=O) groups excluding carboxylic acids is 1. The molecule has 0 saturated carbocycles. The fraction of sp³-hybridized carbons (Fsp3) is 0.435. The van der Waals surface area contributed by atoms with Gasteiger partial charge in [0.05, 0.1) is 13.1 Å². The van der Waals surface area contributed by atoms with Crippen LogP contribution in [0.4, 0.5) is 11.4 Å². The second kappa shape index (κ2) is 8.33. The highest BCUT2D eigenvalue weighted by Gasteiger charge is 2.36. The number of likely N-dealkylation sites (tertiary alicyclic amines) is 1. The summed E-state index contributed by atoms with van der Waals surface area (Å²) in [5.41, 5.74) is 2.31. The van der Waals surface area contributed by atoms with Gasteiger partial charge in [0, 0.05) is 37.3 Å². The van der Waals surface area contributed by atoms with E-state index >= 15 is 0 Å². The van der Waals surface area contributed by atoms with Crippen molar-refractivity contribution in [3.63, 3.8) is 0 Å². The number of nitrogens with zero attached hydrogens (tertiary/aromatic N) is 1. The monoisotopic (exact) mass is 380 g/mol. The Hall–Kier alpha value is -2.37. The maximum atomic E-state index is 12.4. The number of aliphatic hydroxyl groups is 1. The van der Waals surface area contributed by atoms with Crippen LogP contribution in [0.1, 0.15) is 31.2 Å². The van der Waals surface area contributed by atoms with E-state index in [9.17, 15) is 9.90 Å². The van der Waals surface area contributed by atoms with E-state index in [-0.39, 0.29) is 5.91 Å². The van der Waals surface area contributed by atoms with E-state index in [2.05, 4.69) is 22.3 Å². The second-order valence-electron chi connectivity index (χ2n) is 8.11. The fourth-order valence-corrected chi connectivity index (χ4v) is 4.39. The van der Waals surface area contributed by atoms with Crippen molar-refractivity contribution in [1.82, 2.24) is 0 Å². The highest BCUT2D eigenvalue weighted by molar-refractivity contribution is 5.91. The van der Waals surface area contributed by atoms with Crippen LogP contribution in [0.3, 0.4) is 0 Å². The summed E-state index contributed by atoms with van der Waals surface area (Å²) < 4.78 is 0. The van der Waals surface area contributed by atoms with Crippen LogP contribution in [0.5, 0.6) is 0 Å². The standard InChI is InChI=1S/C23H29N3O2/c27-22(24-20-8-10-21(11-9-20)26-14-4-5-15-26)18-25-16-12-23(28,13-17-25)19-6-2-1-3-7-19/h1-3,6-11,28H,4-5,12-18H2,(H,24,27)/p+1. The lowest BCUT2D eigenvalue weighted by Crippen LogP contribution is -3.14. The molecule has 2 fully saturated rings. The molecule has 1 amide bonds. The maximum absolute atomic E-state index is 12.4. The number of anilines is 2. The van der Waals surface area contributed by atoms with Gasteiger partial charge in [0.1, 0.15) is 5.60 Å². The van der Waals surface area contributed by atoms with Crippen molar-refractivity contribution in [1.29, 1.82) is 0 Å². The first kappa shape index (κ1) is 19.0. The predicted molar refractivity (Wildman–Crippen MR) is 112 cm³/mol. The molecule has 5 heteroatoms. The van der Waals surface area contributed by atoms with Gasteiger partial charge in [-0.1, -0.05) is 30.3 Å². The first-order valence-electron chi connectivity index (χ1n) is 10.4. The normalized spacial score (nSPS) is 24.9. The lowest BCUT2D eigenvalue weighted by Gasteiger charge is -2.36. The minimum Gasteiger partial charge on any atom is -0.385 e.